The number of nitriles is 1. The van der Waals surface area contributed by atoms with Crippen LogP contribution in [0.3, 0.4) is 0 Å². The van der Waals surface area contributed by atoms with Gasteiger partial charge in [0.1, 0.15) is 6.07 Å². The molecule has 1 aliphatic heterocycles. The van der Waals surface area contributed by atoms with Gasteiger partial charge in [0.15, 0.2) is 5.69 Å². The lowest BCUT2D eigenvalue weighted by atomic mass is 9.98. The second kappa shape index (κ2) is 5.47. The van der Waals surface area contributed by atoms with Crippen molar-refractivity contribution < 1.29 is 0 Å². The van der Waals surface area contributed by atoms with Gasteiger partial charge in [-0.25, -0.2) is 4.98 Å². The van der Waals surface area contributed by atoms with Gasteiger partial charge in [-0.2, -0.15) is 5.26 Å². The van der Waals surface area contributed by atoms with Gasteiger partial charge < -0.3 is 10.6 Å². The second-order valence-corrected chi connectivity index (χ2v) is 4.09. The van der Waals surface area contributed by atoms with Crippen LogP contribution in [-0.2, 0) is 0 Å². The monoisotopic (exact) mass is 216 g/mol. The molecule has 0 amide bonds. The van der Waals surface area contributed by atoms with E-state index in [4.69, 9.17) is 5.26 Å². The maximum atomic E-state index is 8.89. The van der Waals surface area contributed by atoms with E-state index >= 15 is 0 Å². The van der Waals surface area contributed by atoms with E-state index in [1.807, 2.05) is 12.1 Å². The Bertz CT molecular complexity index is 377. The van der Waals surface area contributed by atoms with Crippen molar-refractivity contribution in [2.75, 3.05) is 25.0 Å². The van der Waals surface area contributed by atoms with E-state index in [1.54, 1.807) is 6.20 Å². The molecule has 0 aliphatic carbocycles. The van der Waals surface area contributed by atoms with Gasteiger partial charge in [-0.3, -0.25) is 0 Å². The molecule has 0 bridgehead atoms. The summed E-state index contributed by atoms with van der Waals surface area (Å²) in [5, 5.41) is 15.6. The van der Waals surface area contributed by atoms with Crippen LogP contribution in [0.5, 0.6) is 0 Å². The highest BCUT2D eigenvalue weighted by Crippen LogP contribution is 2.15. The molecule has 2 heterocycles. The van der Waals surface area contributed by atoms with E-state index in [0.29, 0.717) is 11.6 Å². The fraction of sp³-hybridized carbons (Fsp3) is 0.500. The van der Waals surface area contributed by atoms with Crippen molar-refractivity contribution in [3.63, 3.8) is 0 Å². The Morgan fingerprint density at radius 2 is 2.31 bits per heavy atom. The summed E-state index contributed by atoms with van der Waals surface area (Å²) in [5.41, 5.74) is 1.33. The molecule has 84 valence electrons. The summed E-state index contributed by atoms with van der Waals surface area (Å²) in [6.07, 6.45) is 4.05. The summed E-state index contributed by atoms with van der Waals surface area (Å²) in [7, 11) is 0. The number of piperidine rings is 1. The predicted molar refractivity (Wildman–Crippen MR) is 63.0 cm³/mol. The minimum Gasteiger partial charge on any atom is -0.382 e. The Morgan fingerprint density at radius 1 is 1.50 bits per heavy atom. The predicted octanol–water partition coefficient (Wildman–Crippen LogP) is 1.36. The molecular weight excluding hydrogens is 200 g/mol. The summed E-state index contributed by atoms with van der Waals surface area (Å²) in [4.78, 5) is 4.02. The third-order valence-electron chi connectivity index (χ3n) is 2.95. The van der Waals surface area contributed by atoms with Crippen molar-refractivity contribution in [2.45, 2.75) is 12.8 Å². The lowest BCUT2D eigenvalue weighted by Gasteiger charge is -2.23. The van der Waals surface area contributed by atoms with E-state index in [9.17, 15) is 0 Å². The Hall–Kier alpha value is -1.60. The average Bonchev–Trinajstić information content (AvgIpc) is 2.38. The quantitative estimate of drug-likeness (QED) is 0.801. The zero-order valence-electron chi connectivity index (χ0n) is 9.24. The maximum absolute atomic E-state index is 8.89. The van der Waals surface area contributed by atoms with E-state index < -0.39 is 0 Å². The van der Waals surface area contributed by atoms with Crippen molar-refractivity contribution in [2.24, 2.45) is 5.92 Å². The maximum Gasteiger partial charge on any atom is 0.163 e. The summed E-state index contributed by atoms with van der Waals surface area (Å²) in [6.45, 7) is 3.14. The molecule has 1 fully saturated rings. The summed E-state index contributed by atoms with van der Waals surface area (Å²) in [6, 6.07) is 5.86. The Balaban J connectivity index is 1.91. The fourth-order valence-corrected chi connectivity index (χ4v) is 1.98. The molecule has 1 aromatic rings. The van der Waals surface area contributed by atoms with Gasteiger partial charge in [-0.05, 0) is 44.0 Å². The van der Waals surface area contributed by atoms with Gasteiger partial charge in [-0.15, -0.1) is 0 Å². The number of anilines is 1. The minimum absolute atomic E-state index is 0.483. The molecule has 0 atom stereocenters. The van der Waals surface area contributed by atoms with Crippen LogP contribution in [-0.4, -0.2) is 24.6 Å². The van der Waals surface area contributed by atoms with Gasteiger partial charge >= 0.3 is 0 Å². The minimum atomic E-state index is 0.483. The van der Waals surface area contributed by atoms with E-state index in [-0.39, 0.29) is 0 Å². The molecule has 0 aromatic carbocycles. The van der Waals surface area contributed by atoms with Crippen molar-refractivity contribution in [3.8, 4) is 6.07 Å². The highest BCUT2D eigenvalue weighted by atomic mass is 14.9. The van der Waals surface area contributed by atoms with Crippen LogP contribution in [0.4, 0.5) is 5.69 Å². The zero-order chi connectivity index (χ0) is 11.2. The number of nitrogens with one attached hydrogen (secondary N) is 2. The molecule has 0 spiro atoms. The van der Waals surface area contributed by atoms with Gasteiger partial charge in [-0.1, -0.05) is 0 Å². The lowest BCUT2D eigenvalue weighted by molar-refractivity contribution is 0.390. The molecule has 1 saturated heterocycles. The first-order valence-corrected chi connectivity index (χ1v) is 5.70. The summed E-state index contributed by atoms with van der Waals surface area (Å²) < 4.78 is 0. The number of hydrogen-bond donors (Lipinski definition) is 2. The van der Waals surface area contributed by atoms with Crippen molar-refractivity contribution in [1.29, 1.82) is 5.26 Å². The summed E-state index contributed by atoms with van der Waals surface area (Å²) in [5.74, 6) is 0.702. The first kappa shape index (κ1) is 10.9. The normalized spacial score (nSPS) is 16.7. The second-order valence-electron chi connectivity index (χ2n) is 4.09. The smallest absolute Gasteiger partial charge is 0.163 e. The SMILES string of the molecule is N#Cc1ncccc1NCC1CCNCC1. The molecule has 0 unspecified atom stereocenters. The fourth-order valence-electron chi connectivity index (χ4n) is 1.98. The molecule has 4 nitrogen and oxygen atoms in total. The molecular formula is C12H16N4. The van der Waals surface area contributed by atoms with Crippen LogP contribution in [0.2, 0.25) is 0 Å². The molecule has 2 rings (SSSR count). The molecule has 2 N–H and O–H groups in total. The number of pyridine rings is 1. The zero-order valence-corrected chi connectivity index (χ0v) is 9.24. The Morgan fingerprint density at radius 3 is 3.06 bits per heavy atom. The van der Waals surface area contributed by atoms with Gasteiger partial charge in [0.05, 0.1) is 5.69 Å². The van der Waals surface area contributed by atoms with Crippen molar-refractivity contribution in [1.82, 2.24) is 10.3 Å². The first-order chi connectivity index (χ1) is 7.90. The van der Waals surface area contributed by atoms with Crippen LogP contribution in [0.15, 0.2) is 18.3 Å². The Kier molecular flexibility index (Phi) is 3.73. The number of nitrogens with zero attached hydrogens (tertiary/aromatic N) is 2. The molecule has 1 aromatic heterocycles. The molecule has 16 heavy (non-hydrogen) atoms. The molecule has 0 radical (unpaired) electrons. The van der Waals surface area contributed by atoms with E-state index in [1.165, 1.54) is 12.8 Å². The standard InChI is InChI=1S/C12H16N4/c13-8-12-11(2-1-5-15-12)16-9-10-3-6-14-7-4-10/h1-2,5,10,14,16H,3-4,6-7,9H2. The van der Waals surface area contributed by atoms with Gasteiger partial charge in [0, 0.05) is 12.7 Å². The largest absolute Gasteiger partial charge is 0.382 e. The van der Waals surface area contributed by atoms with Crippen molar-refractivity contribution in [3.05, 3.63) is 24.0 Å². The molecule has 0 saturated carbocycles. The van der Waals surface area contributed by atoms with Gasteiger partial charge in [0.25, 0.3) is 0 Å². The molecule has 4 heteroatoms. The lowest BCUT2D eigenvalue weighted by Crippen LogP contribution is -2.31. The van der Waals surface area contributed by atoms with Crippen molar-refractivity contribution >= 4 is 5.69 Å². The van der Waals surface area contributed by atoms with Crippen LogP contribution in [0.25, 0.3) is 0 Å². The van der Waals surface area contributed by atoms with Crippen LogP contribution < -0.4 is 10.6 Å². The molecule has 1 aliphatic rings. The number of aromatic nitrogens is 1. The van der Waals surface area contributed by atoms with E-state index in [0.717, 1.165) is 25.3 Å². The number of rotatable bonds is 3. The third kappa shape index (κ3) is 2.71. The topological polar surface area (TPSA) is 60.7 Å². The van der Waals surface area contributed by atoms with Gasteiger partial charge in [0.2, 0.25) is 0 Å². The Labute approximate surface area is 95.7 Å². The average molecular weight is 216 g/mol. The van der Waals surface area contributed by atoms with Crippen LogP contribution >= 0.6 is 0 Å². The van der Waals surface area contributed by atoms with Crippen LogP contribution in [0.1, 0.15) is 18.5 Å². The first-order valence-electron chi connectivity index (χ1n) is 5.70. The number of hydrogen-bond acceptors (Lipinski definition) is 4. The van der Waals surface area contributed by atoms with E-state index in [2.05, 4.69) is 21.7 Å². The highest BCUT2D eigenvalue weighted by molar-refractivity contribution is 5.53. The highest BCUT2D eigenvalue weighted by Gasteiger charge is 2.13. The summed E-state index contributed by atoms with van der Waals surface area (Å²) >= 11 is 0. The van der Waals surface area contributed by atoms with Crippen LogP contribution in [0, 0.1) is 17.2 Å². The third-order valence-corrected chi connectivity index (χ3v) is 2.95.